The number of carbonyl (C=O) groups is 2. The molecule has 0 saturated carbocycles. The Morgan fingerprint density at radius 3 is 0.778 bits per heavy atom. The molecule has 96 valence electrons. The number of hydrogen-bond acceptors (Lipinski definition) is 10. The van der Waals surface area contributed by atoms with Gasteiger partial charge in [-0.3, -0.25) is 0 Å². The first-order chi connectivity index (χ1) is 6.93. The third kappa shape index (κ3) is 14300. The average molecular weight is 395 g/mol. The Kier molecular flexibility index (Phi) is 60.0. The second-order valence-corrected chi connectivity index (χ2v) is 1.43. The molecule has 0 aromatic heterocycles. The quantitative estimate of drug-likeness (QED) is 0.226. The number of carbonyl (C=O) groups excluding carboxylic acids is 2. The summed E-state index contributed by atoms with van der Waals surface area (Å²) in [7, 11) is 0. The van der Waals surface area contributed by atoms with E-state index in [-0.39, 0.29) is 65.0 Å². The van der Waals surface area contributed by atoms with E-state index < -0.39 is 22.1 Å². The second kappa shape index (κ2) is 30.0. The van der Waals surface area contributed by atoms with Gasteiger partial charge in [-0.05, 0) is 13.8 Å². The molecule has 0 N–H and O–H groups in total. The number of rotatable bonds is 0. The summed E-state index contributed by atoms with van der Waals surface area (Å²) in [6.07, 6.45) is 0. The van der Waals surface area contributed by atoms with Crippen LogP contribution in [0.3, 0.4) is 0 Å². The predicted octanol–water partition coefficient (Wildman–Crippen LogP) is -3.35. The van der Waals surface area contributed by atoms with E-state index in [9.17, 15) is 0 Å². The Morgan fingerprint density at radius 1 is 0.778 bits per heavy atom. The minimum Gasteiger partial charge on any atom is -0.550 e. The third-order valence-corrected chi connectivity index (χ3v) is 0. The van der Waals surface area contributed by atoms with Crippen molar-refractivity contribution in [1.29, 1.82) is 0 Å². The number of aliphatic carboxylic acids is 2. The molecule has 0 unspecified atom stereocenters. The molecule has 0 radical (unpaired) electrons. The molecule has 14 heteroatoms. The predicted molar refractivity (Wildman–Crippen MR) is 47.8 cm³/mol. The number of carboxylic acids is 2. The van der Waals surface area contributed by atoms with Gasteiger partial charge in [0, 0.05) is 11.9 Å². The Hall–Kier alpha value is -0.478. The SMILES string of the molecule is CC(=O)[O-].CC(=O)[O-].O=[N+]([O-])[O-].O=[N+]([O-])[O-].[Ca+2].[Cd+2]. The maximum absolute atomic E-state index is 8.89. The molecule has 0 bridgehead atoms. The normalized spacial score (nSPS) is 5.44. The van der Waals surface area contributed by atoms with Crippen molar-refractivity contribution in [2.45, 2.75) is 13.8 Å². The van der Waals surface area contributed by atoms with Crippen molar-refractivity contribution in [3.8, 4) is 0 Å². The van der Waals surface area contributed by atoms with Gasteiger partial charge in [0.25, 0.3) is 0 Å². The Balaban J connectivity index is -0.0000000257. The summed E-state index contributed by atoms with van der Waals surface area (Å²) < 4.78 is 0. The van der Waals surface area contributed by atoms with Crippen LogP contribution in [0.4, 0.5) is 0 Å². The van der Waals surface area contributed by atoms with E-state index >= 15 is 0 Å². The van der Waals surface area contributed by atoms with Crippen LogP contribution in [0.1, 0.15) is 13.8 Å². The van der Waals surface area contributed by atoms with E-state index in [0.29, 0.717) is 0 Å². The van der Waals surface area contributed by atoms with Crippen molar-refractivity contribution in [2.24, 2.45) is 0 Å². The zero-order valence-electron chi connectivity index (χ0n) is 9.39. The molecule has 0 spiro atoms. The van der Waals surface area contributed by atoms with Gasteiger partial charge in [0.05, 0.1) is 10.2 Å². The minimum atomic E-state index is -1.75. The number of nitrogens with zero attached hydrogens (tertiary/aromatic N) is 2. The molecule has 0 amide bonds. The molecule has 0 saturated heterocycles. The second-order valence-electron chi connectivity index (χ2n) is 1.43. The zero-order chi connectivity index (χ0) is 14.3. The Morgan fingerprint density at radius 2 is 0.778 bits per heavy atom. The van der Waals surface area contributed by atoms with E-state index in [0.717, 1.165) is 13.8 Å². The van der Waals surface area contributed by atoms with E-state index in [2.05, 4.69) is 0 Å². The summed E-state index contributed by atoms with van der Waals surface area (Å²) in [6.45, 7) is 1.94. The van der Waals surface area contributed by atoms with Gasteiger partial charge in [-0.2, -0.15) is 0 Å². The fourth-order valence-electron chi connectivity index (χ4n) is 0. The van der Waals surface area contributed by atoms with Crippen molar-refractivity contribution in [3.63, 3.8) is 0 Å². The molecular weight excluding hydrogens is 389 g/mol. The van der Waals surface area contributed by atoms with Gasteiger partial charge in [0.2, 0.25) is 0 Å². The first-order valence-corrected chi connectivity index (χ1v) is 2.91. The third-order valence-electron chi connectivity index (χ3n) is 0. The fraction of sp³-hybridized carbons (Fsp3) is 0.500. The van der Waals surface area contributed by atoms with Crippen molar-refractivity contribution in [2.75, 3.05) is 0 Å². The molecule has 0 rings (SSSR count). The largest absolute Gasteiger partial charge is 2.00 e. The summed E-state index contributed by atoms with van der Waals surface area (Å²) in [5.41, 5.74) is 0. The van der Waals surface area contributed by atoms with Gasteiger partial charge >= 0.3 is 65.0 Å². The van der Waals surface area contributed by atoms with Gasteiger partial charge in [-0.15, -0.1) is 0 Å². The molecule has 0 aromatic carbocycles. The van der Waals surface area contributed by atoms with Crippen LogP contribution in [0.2, 0.25) is 0 Å². The number of hydrogen-bond donors (Lipinski definition) is 0. The van der Waals surface area contributed by atoms with E-state index in [1.165, 1.54) is 0 Å². The topological polar surface area (TPSA) is 213 Å². The van der Waals surface area contributed by atoms with Crippen LogP contribution in [0.25, 0.3) is 0 Å². The van der Waals surface area contributed by atoms with Crippen molar-refractivity contribution in [1.82, 2.24) is 0 Å². The van der Waals surface area contributed by atoms with Crippen molar-refractivity contribution in [3.05, 3.63) is 30.6 Å². The first-order valence-electron chi connectivity index (χ1n) is 2.91. The van der Waals surface area contributed by atoms with E-state index in [1.807, 2.05) is 0 Å². The smallest absolute Gasteiger partial charge is 0.550 e. The van der Waals surface area contributed by atoms with Gasteiger partial charge in [-0.25, -0.2) is 0 Å². The molecule has 0 aliphatic carbocycles. The van der Waals surface area contributed by atoms with Crippen LogP contribution in [-0.2, 0) is 36.9 Å². The van der Waals surface area contributed by atoms with Crippen molar-refractivity contribution < 1.29 is 57.3 Å². The molecule has 18 heavy (non-hydrogen) atoms. The first kappa shape index (κ1) is 36.0. The summed E-state index contributed by atoms with van der Waals surface area (Å²) in [4.78, 5) is 34.3. The van der Waals surface area contributed by atoms with Gasteiger partial charge in [0.15, 0.2) is 0 Å². The maximum atomic E-state index is 8.89. The fourth-order valence-corrected chi connectivity index (χ4v) is 0. The number of carboxylic acid groups (broad SMARTS) is 2. The zero-order valence-corrected chi connectivity index (χ0v) is 15.6. The van der Waals surface area contributed by atoms with E-state index in [4.69, 9.17) is 50.4 Å². The summed E-state index contributed by atoms with van der Waals surface area (Å²) in [5.74, 6) is -2.17. The van der Waals surface area contributed by atoms with E-state index in [1.54, 1.807) is 0 Å². The average Bonchev–Trinajstić information content (AvgIpc) is 1.76. The molecular formula is C4H6CaCdN2O10. The van der Waals surface area contributed by atoms with Crippen LogP contribution in [0.15, 0.2) is 0 Å². The van der Waals surface area contributed by atoms with Crippen LogP contribution in [0.5, 0.6) is 0 Å². The molecule has 0 aliphatic heterocycles. The van der Waals surface area contributed by atoms with Crippen molar-refractivity contribution >= 4 is 49.7 Å². The molecule has 0 aliphatic rings. The van der Waals surface area contributed by atoms with Crippen LogP contribution < -0.4 is 10.2 Å². The maximum Gasteiger partial charge on any atom is 2.00 e. The molecule has 12 nitrogen and oxygen atoms in total. The molecule has 0 aromatic rings. The van der Waals surface area contributed by atoms with Crippen LogP contribution in [0, 0.1) is 30.6 Å². The Labute approximate surface area is 150 Å². The van der Waals surface area contributed by atoms with Crippen LogP contribution >= 0.6 is 0 Å². The molecule has 0 fully saturated rings. The summed E-state index contributed by atoms with van der Waals surface area (Å²) >= 11 is 0. The van der Waals surface area contributed by atoms with Crippen LogP contribution in [-0.4, -0.2) is 59.9 Å². The standard InChI is InChI=1S/2C2H4O2.Ca.Cd.2NO3/c2*1-2(3)4;;;2*2-1(3)4/h2*1H3,(H,3,4);;;;/q;;2*+2;2*-1/p-2. The van der Waals surface area contributed by atoms with Gasteiger partial charge in [-0.1, -0.05) is 0 Å². The summed E-state index contributed by atoms with van der Waals surface area (Å²) in [6, 6.07) is 0. The van der Waals surface area contributed by atoms with Gasteiger partial charge in [0.1, 0.15) is 0 Å². The van der Waals surface area contributed by atoms with Gasteiger partial charge < -0.3 is 50.4 Å². The molecule has 0 atom stereocenters. The Bertz CT molecular complexity index is 172. The molecule has 0 heterocycles. The minimum absolute atomic E-state index is 0. The monoisotopic (exact) mass is 396 g/mol. The summed E-state index contributed by atoms with van der Waals surface area (Å²) in [5, 5.41) is 47.3.